The van der Waals surface area contributed by atoms with E-state index >= 15 is 0 Å². The van der Waals surface area contributed by atoms with E-state index in [9.17, 15) is 22.0 Å². The maximum atomic E-state index is 13.9. The summed E-state index contributed by atoms with van der Waals surface area (Å²) in [7, 11) is 0. The van der Waals surface area contributed by atoms with E-state index < -0.39 is 41.2 Å². The van der Waals surface area contributed by atoms with Crippen molar-refractivity contribution in [1.29, 1.82) is 0 Å². The quantitative estimate of drug-likeness (QED) is 0.135. The average Bonchev–Trinajstić information content (AvgIpc) is 3.45. The van der Waals surface area contributed by atoms with Crippen LogP contribution in [0, 0.1) is 29.1 Å². The van der Waals surface area contributed by atoms with Crippen LogP contribution >= 0.6 is 35.4 Å². The van der Waals surface area contributed by atoms with E-state index in [4.69, 9.17) is 35.4 Å². The molecule has 0 fully saturated rings. The van der Waals surface area contributed by atoms with Gasteiger partial charge in [-0.25, -0.2) is 22.0 Å². The molecule has 4 aromatic rings. The molecule has 6 nitrogen and oxygen atoms in total. The Morgan fingerprint density at radius 3 is 2.26 bits per heavy atom. The van der Waals surface area contributed by atoms with Gasteiger partial charge in [-0.15, -0.1) is 0 Å². The molecule has 2 N–H and O–H groups in total. The Bertz CT molecular complexity index is 1390. The molecule has 0 aliphatic carbocycles. The van der Waals surface area contributed by atoms with Gasteiger partial charge in [-0.3, -0.25) is 9.36 Å². The Labute approximate surface area is 210 Å². The number of rotatable bonds is 6. The lowest BCUT2D eigenvalue weighted by molar-refractivity contribution is 0.367. The van der Waals surface area contributed by atoms with Crippen molar-refractivity contribution in [3.63, 3.8) is 0 Å². The van der Waals surface area contributed by atoms with Gasteiger partial charge in [0.15, 0.2) is 34.2 Å². The average molecular weight is 547 g/mol. The number of hydrogen-bond donors (Lipinski definition) is 2. The molecule has 0 saturated carbocycles. The van der Waals surface area contributed by atoms with Crippen LogP contribution in [0.1, 0.15) is 11.1 Å². The maximum absolute atomic E-state index is 13.9. The highest BCUT2D eigenvalue weighted by molar-refractivity contribution is 7.80. The van der Waals surface area contributed by atoms with Gasteiger partial charge in [-0.05, 0) is 29.9 Å². The third kappa shape index (κ3) is 5.55. The molecular formula is C21H13Cl2F5N6S. The van der Waals surface area contributed by atoms with Gasteiger partial charge in [0.1, 0.15) is 0 Å². The molecule has 0 bridgehead atoms. The lowest BCUT2D eigenvalue weighted by Gasteiger charge is -2.09. The topological polar surface area (TPSA) is 59.7 Å². The minimum atomic E-state index is -2.22. The van der Waals surface area contributed by atoms with E-state index in [1.165, 1.54) is 18.5 Å². The summed E-state index contributed by atoms with van der Waals surface area (Å²) >= 11 is 17.3. The second-order valence-electron chi connectivity index (χ2n) is 7.19. The summed E-state index contributed by atoms with van der Waals surface area (Å²) in [6, 6.07) is 6.54. The van der Waals surface area contributed by atoms with Crippen LogP contribution in [0.15, 0.2) is 42.9 Å². The Morgan fingerprint density at radius 2 is 1.57 bits per heavy atom. The molecule has 4 rings (SSSR count). The van der Waals surface area contributed by atoms with Crippen LogP contribution in [0.3, 0.4) is 0 Å². The van der Waals surface area contributed by atoms with Crippen LogP contribution in [-0.2, 0) is 13.1 Å². The zero-order valence-electron chi connectivity index (χ0n) is 17.3. The van der Waals surface area contributed by atoms with Gasteiger partial charge in [-0.1, -0.05) is 29.3 Å². The van der Waals surface area contributed by atoms with E-state index in [0.29, 0.717) is 22.3 Å². The van der Waals surface area contributed by atoms with E-state index in [2.05, 4.69) is 20.8 Å². The maximum Gasteiger partial charge on any atom is 0.200 e. The largest absolute Gasteiger partial charge is 0.330 e. The molecule has 0 atom stereocenters. The fraction of sp³-hybridized carbons (Fsp3) is 0.0952. The highest BCUT2D eigenvalue weighted by Crippen LogP contribution is 2.24. The first-order valence-electron chi connectivity index (χ1n) is 9.70. The summed E-state index contributed by atoms with van der Waals surface area (Å²) in [5, 5.41) is 15.0. The van der Waals surface area contributed by atoms with Crippen molar-refractivity contribution in [2.24, 2.45) is 0 Å². The van der Waals surface area contributed by atoms with Crippen LogP contribution in [-0.4, -0.2) is 24.7 Å². The lowest BCUT2D eigenvalue weighted by Crippen LogP contribution is -2.19. The van der Waals surface area contributed by atoms with Crippen LogP contribution < -0.4 is 10.6 Å². The van der Waals surface area contributed by atoms with E-state index in [-0.39, 0.29) is 10.9 Å². The molecule has 0 aliphatic rings. The molecule has 14 heteroatoms. The summed E-state index contributed by atoms with van der Waals surface area (Å²) in [5.41, 5.74) is 0.351. The van der Waals surface area contributed by atoms with Crippen molar-refractivity contribution in [2.75, 3.05) is 10.6 Å². The second-order valence-corrected chi connectivity index (χ2v) is 8.44. The van der Waals surface area contributed by atoms with Gasteiger partial charge in [0.2, 0.25) is 5.82 Å². The smallest absolute Gasteiger partial charge is 0.200 e. The third-order valence-electron chi connectivity index (χ3n) is 4.74. The first kappa shape index (κ1) is 24.9. The third-order valence-corrected chi connectivity index (χ3v) is 5.53. The Kier molecular flexibility index (Phi) is 7.24. The SMILES string of the molecule is Fc1c(F)c(F)c(Cn2ccc(NC(=S)Nc3cnn(Cc4ccc(Cl)cc4Cl)c3)n2)c(F)c1F. The lowest BCUT2D eigenvalue weighted by atomic mass is 10.1. The minimum Gasteiger partial charge on any atom is -0.330 e. The fourth-order valence-electron chi connectivity index (χ4n) is 3.09. The Balaban J connectivity index is 1.38. The van der Waals surface area contributed by atoms with Gasteiger partial charge in [0, 0.05) is 28.5 Å². The summed E-state index contributed by atoms with van der Waals surface area (Å²) in [6.45, 7) is -0.298. The van der Waals surface area contributed by atoms with Crippen molar-refractivity contribution < 1.29 is 22.0 Å². The molecule has 0 radical (unpaired) electrons. The number of benzene rings is 2. The molecule has 2 heterocycles. The van der Waals surface area contributed by atoms with Crippen LogP contribution in [0.25, 0.3) is 0 Å². The molecule has 0 unspecified atom stereocenters. The van der Waals surface area contributed by atoms with Crippen LogP contribution in [0.4, 0.5) is 33.5 Å². The normalized spacial score (nSPS) is 11.1. The first-order chi connectivity index (χ1) is 16.6. The number of halogens is 7. The van der Waals surface area contributed by atoms with Gasteiger partial charge < -0.3 is 10.6 Å². The molecule has 0 amide bonds. The van der Waals surface area contributed by atoms with Gasteiger partial charge in [-0.2, -0.15) is 10.2 Å². The number of aromatic nitrogens is 4. The number of hydrogen-bond acceptors (Lipinski definition) is 3. The number of nitrogens with one attached hydrogen (secondary N) is 2. The zero-order chi connectivity index (χ0) is 25.3. The minimum absolute atomic E-state index is 0.121. The first-order valence-corrected chi connectivity index (χ1v) is 10.9. The molecular weight excluding hydrogens is 534 g/mol. The van der Waals surface area contributed by atoms with Gasteiger partial charge in [0.05, 0.1) is 30.5 Å². The molecule has 2 aromatic carbocycles. The molecule has 35 heavy (non-hydrogen) atoms. The Hall–Kier alpha value is -3.22. The van der Waals surface area contributed by atoms with Gasteiger partial charge in [0.25, 0.3) is 0 Å². The second kappa shape index (κ2) is 10.2. The molecule has 182 valence electrons. The van der Waals surface area contributed by atoms with Crippen LogP contribution in [0.2, 0.25) is 10.0 Å². The van der Waals surface area contributed by atoms with Crippen LogP contribution in [0.5, 0.6) is 0 Å². The predicted molar refractivity (Wildman–Crippen MR) is 125 cm³/mol. The summed E-state index contributed by atoms with van der Waals surface area (Å²) < 4.78 is 70.4. The molecule has 0 saturated heterocycles. The summed E-state index contributed by atoms with van der Waals surface area (Å²) in [5.74, 6) is -9.92. The number of anilines is 2. The highest BCUT2D eigenvalue weighted by Gasteiger charge is 2.26. The highest BCUT2D eigenvalue weighted by atomic mass is 35.5. The van der Waals surface area contributed by atoms with E-state index in [1.54, 1.807) is 29.1 Å². The standard InChI is InChI=1S/C21H13Cl2F5N6S/c22-11-2-1-10(14(23)5-11)7-34-8-12(6-29-34)30-21(35)31-15-3-4-33(32-15)9-13-16(24)18(26)20(28)19(27)17(13)25/h1-6,8H,7,9H2,(H2,30,31,32,35). The molecule has 2 aromatic heterocycles. The van der Waals surface area contributed by atoms with Crippen molar-refractivity contribution >= 4 is 52.0 Å². The van der Waals surface area contributed by atoms with Crippen molar-refractivity contribution in [3.05, 3.63) is 93.1 Å². The molecule has 0 spiro atoms. The van der Waals surface area contributed by atoms with Crippen molar-refractivity contribution in [3.8, 4) is 0 Å². The Morgan fingerprint density at radius 1 is 0.886 bits per heavy atom. The predicted octanol–water partition coefficient (Wildman–Crippen LogP) is 5.99. The monoisotopic (exact) mass is 546 g/mol. The van der Waals surface area contributed by atoms with Crippen molar-refractivity contribution in [1.82, 2.24) is 19.6 Å². The van der Waals surface area contributed by atoms with Crippen molar-refractivity contribution in [2.45, 2.75) is 13.1 Å². The number of nitrogens with zero attached hydrogens (tertiary/aromatic N) is 4. The summed E-state index contributed by atoms with van der Waals surface area (Å²) in [4.78, 5) is 0. The summed E-state index contributed by atoms with van der Waals surface area (Å²) in [6.07, 6.45) is 4.50. The molecule has 0 aliphatic heterocycles. The zero-order valence-corrected chi connectivity index (χ0v) is 19.6. The van der Waals surface area contributed by atoms with E-state index in [1.807, 2.05) is 0 Å². The fourth-order valence-corrected chi connectivity index (χ4v) is 3.78. The number of thiocarbonyl (C=S) groups is 1. The van der Waals surface area contributed by atoms with Gasteiger partial charge >= 0.3 is 0 Å². The van der Waals surface area contributed by atoms with E-state index in [0.717, 1.165) is 10.2 Å².